The minimum absolute atomic E-state index is 0.0809. The van der Waals surface area contributed by atoms with E-state index >= 15 is 0 Å². The van der Waals surface area contributed by atoms with Gasteiger partial charge < -0.3 is 14.6 Å². The Morgan fingerprint density at radius 3 is 2.27 bits per heavy atom. The first kappa shape index (κ1) is 13.5. The summed E-state index contributed by atoms with van der Waals surface area (Å²) in [6.45, 7) is 5.73. The quantitative estimate of drug-likeness (QED) is 0.493. The summed E-state index contributed by atoms with van der Waals surface area (Å²) >= 11 is 0. The van der Waals surface area contributed by atoms with E-state index in [1.54, 1.807) is 0 Å². The molecule has 0 aliphatic carbocycles. The summed E-state index contributed by atoms with van der Waals surface area (Å²) in [4.78, 5) is 21.0. The number of rotatable bonds is 5. The molecule has 6 heteroatoms. The van der Waals surface area contributed by atoms with Crippen molar-refractivity contribution in [1.82, 2.24) is 0 Å². The molecule has 4 nitrogen and oxygen atoms in total. The Balaban J connectivity index is 4.71. The van der Waals surface area contributed by atoms with E-state index in [0.717, 1.165) is 0 Å². The van der Waals surface area contributed by atoms with Crippen molar-refractivity contribution < 1.29 is 28.2 Å². The average Bonchev–Trinajstić information content (AvgIpc) is 2.12. The first-order valence-electron chi connectivity index (χ1n) is 4.19. The highest BCUT2D eigenvalue weighted by Gasteiger charge is 2.43. The van der Waals surface area contributed by atoms with E-state index in [2.05, 4.69) is 11.3 Å². The van der Waals surface area contributed by atoms with Crippen molar-refractivity contribution in [1.29, 1.82) is 0 Å². The molecule has 86 valence electrons. The number of ether oxygens (including phenoxy) is 1. The first-order chi connectivity index (χ1) is 6.73. The molecule has 0 spiro atoms. The summed E-state index contributed by atoms with van der Waals surface area (Å²) in [5, 5.41) is 10.1. The molecule has 0 aliphatic heterocycles. The minimum atomic E-state index is -4.19. The smallest absolute Gasteiger partial charge is 0.333 e. The van der Waals surface area contributed by atoms with Gasteiger partial charge in [-0.2, -0.15) is 8.78 Å². The number of hydrogen-bond acceptors (Lipinski definition) is 4. The van der Waals surface area contributed by atoms with Gasteiger partial charge in [-0.15, -0.1) is 0 Å². The van der Waals surface area contributed by atoms with Crippen LogP contribution in [0, 0.1) is 0 Å². The van der Waals surface area contributed by atoms with Gasteiger partial charge in [-0.05, 0) is 13.3 Å². The topological polar surface area (TPSA) is 66.4 Å². The number of carbonyl (C=O) groups excluding carboxylic acids is 2. The maximum absolute atomic E-state index is 12.9. The van der Waals surface area contributed by atoms with Crippen molar-refractivity contribution >= 4 is 11.9 Å². The van der Waals surface area contributed by atoms with Gasteiger partial charge in [0, 0.05) is 5.57 Å². The molecule has 1 unspecified atom stereocenters. The third kappa shape index (κ3) is 3.30. The Kier molecular flexibility index (Phi) is 4.39. The van der Waals surface area contributed by atoms with Gasteiger partial charge in [0.25, 0.3) is 0 Å². The fraction of sp³-hybridized carbons (Fsp3) is 0.556. The van der Waals surface area contributed by atoms with Crippen LogP contribution in [0.3, 0.4) is 0 Å². The van der Waals surface area contributed by atoms with E-state index in [1.807, 2.05) is 0 Å². The molecule has 0 heterocycles. The summed E-state index contributed by atoms with van der Waals surface area (Å²) in [5.74, 6) is -7.81. The number of hydrogen-bond donors (Lipinski definition) is 0. The summed E-state index contributed by atoms with van der Waals surface area (Å²) in [5.41, 5.74) is -0.0809. The van der Waals surface area contributed by atoms with Crippen molar-refractivity contribution in [2.75, 3.05) is 0 Å². The lowest BCUT2D eigenvalue weighted by molar-refractivity contribution is -0.336. The van der Waals surface area contributed by atoms with Crippen molar-refractivity contribution in [2.24, 2.45) is 0 Å². The summed E-state index contributed by atoms with van der Waals surface area (Å²) in [6.07, 6.45) is -2.37. The predicted octanol–water partition coefficient (Wildman–Crippen LogP) is 0.269. The second kappa shape index (κ2) is 4.86. The van der Waals surface area contributed by atoms with Gasteiger partial charge >= 0.3 is 11.9 Å². The predicted molar refractivity (Wildman–Crippen MR) is 44.9 cm³/mol. The second-order valence-electron chi connectivity index (χ2n) is 2.99. The molecular weight excluding hydrogens is 210 g/mol. The van der Waals surface area contributed by atoms with Crippen LogP contribution in [0.2, 0.25) is 0 Å². The van der Waals surface area contributed by atoms with Gasteiger partial charge in [-0.3, -0.25) is 0 Å². The summed E-state index contributed by atoms with van der Waals surface area (Å²) < 4.78 is 30.0. The maximum atomic E-state index is 12.9. The Morgan fingerprint density at radius 1 is 1.53 bits per heavy atom. The third-order valence-corrected chi connectivity index (χ3v) is 1.65. The van der Waals surface area contributed by atoms with E-state index in [1.165, 1.54) is 13.8 Å². The Labute approximate surface area is 85.5 Å². The van der Waals surface area contributed by atoms with Crippen LogP contribution < -0.4 is 5.11 Å². The van der Waals surface area contributed by atoms with Gasteiger partial charge in [0.15, 0.2) is 6.10 Å². The molecule has 0 N–H and O–H groups in total. The van der Waals surface area contributed by atoms with Gasteiger partial charge in [0.1, 0.15) is 5.97 Å². The molecule has 0 amide bonds. The van der Waals surface area contributed by atoms with E-state index in [0.29, 0.717) is 0 Å². The zero-order valence-corrected chi connectivity index (χ0v) is 8.38. The number of halogens is 2. The number of esters is 1. The van der Waals surface area contributed by atoms with E-state index in [-0.39, 0.29) is 12.0 Å². The van der Waals surface area contributed by atoms with E-state index in [4.69, 9.17) is 0 Å². The van der Waals surface area contributed by atoms with Crippen LogP contribution in [0.4, 0.5) is 8.78 Å². The molecule has 0 rings (SSSR count). The zero-order chi connectivity index (χ0) is 12.2. The molecule has 1 atom stereocenters. The fourth-order valence-electron chi connectivity index (χ4n) is 0.775. The van der Waals surface area contributed by atoms with Crippen LogP contribution in [-0.2, 0) is 14.3 Å². The SMILES string of the molecule is C=C(C)C(=O)OC(CC)C(F)(F)C(=O)[O-]. The fourth-order valence-corrected chi connectivity index (χ4v) is 0.775. The van der Waals surface area contributed by atoms with Crippen molar-refractivity contribution in [3.8, 4) is 0 Å². The lowest BCUT2D eigenvalue weighted by Crippen LogP contribution is -2.51. The van der Waals surface area contributed by atoms with Crippen LogP contribution in [-0.4, -0.2) is 24.0 Å². The van der Waals surface area contributed by atoms with Gasteiger partial charge in [-0.25, -0.2) is 4.79 Å². The molecule has 15 heavy (non-hydrogen) atoms. The van der Waals surface area contributed by atoms with Crippen LogP contribution in [0.15, 0.2) is 12.2 Å². The Bertz CT molecular complexity index is 286. The maximum Gasteiger partial charge on any atom is 0.333 e. The Hall–Kier alpha value is -1.46. The van der Waals surface area contributed by atoms with Crippen molar-refractivity contribution in [3.63, 3.8) is 0 Å². The summed E-state index contributed by atoms with van der Waals surface area (Å²) in [7, 11) is 0. The third-order valence-electron chi connectivity index (χ3n) is 1.65. The van der Waals surface area contributed by atoms with Gasteiger partial charge in [0.2, 0.25) is 0 Å². The first-order valence-corrected chi connectivity index (χ1v) is 4.19. The van der Waals surface area contributed by atoms with Crippen molar-refractivity contribution in [3.05, 3.63) is 12.2 Å². The van der Waals surface area contributed by atoms with Crippen LogP contribution in [0.25, 0.3) is 0 Å². The minimum Gasteiger partial charge on any atom is -0.544 e. The molecule has 0 radical (unpaired) electrons. The molecule has 0 aromatic heterocycles. The molecule has 0 saturated carbocycles. The highest BCUT2D eigenvalue weighted by Crippen LogP contribution is 2.23. The number of carbonyl (C=O) groups is 2. The van der Waals surface area contributed by atoms with Crippen LogP contribution >= 0.6 is 0 Å². The number of aliphatic carboxylic acids is 1. The average molecular weight is 221 g/mol. The van der Waals surface area contributed by atoms with Crippen molar-refractivity contribution in [2.45, 2.75) is 32.3 Å². The highest BCUT2D eigenvalue weighted by molar-refractivity contribution is 5.87. The second-order valence-corrected chi connectivity index (χ2v) is 2.99. The normalized spacial score (nSPS) is 13.1. The number of alkyl halides is 2. The molecule has 0 bridgehead atoms. The van der Waals surface area contributed by atoms with E-state index < -0.39 is 24.0 Å². The lowest BCUT2D eigenvalue weighted by Gasteiger charge is -2.26. The number of carboxylic acids is 1. The Morgan fingerprint density at radius 2 is 2.00 bits per heavy atom. The molecular formula is C9H11F2O4-. The van der Waals surface area contributed by atoms with Crippen LogP contribution in [0.5, 0.6) is 0 Å². The zero-order valence-electron chi connectivity index (χ0n) is 8.38. The highest BCUT2D eigenvalue weighted by atomic mass is 19.3. The van der Waals surface area contributed by atoms with Gasteiger partial charge in [-0.1, -0.05) is 13.5 Å². The van der Waals surface area contributed by atoms with E-state index in [9.17, 15) is 23.5 Å². The lowest BCUT2D eigenvalue weighted by atomic mass is 10.1. The molecule has 0 fully saturated rings. The molecule has 0 aromatic rings. The van der Waals surface area contributed by atoms with Crippen LogP contribution in [0.1, 0.15) is 20.3 Å². The molecule has 0 saturated heterocycles. The molecule has 0 aliphatic rings. The standard InChI is InChI=1S/C9H12F2O4/c1-4-6(9(10,11)8(13)14)15-7(12)5(2)3/h6H,2,4H2,1,3H3,(H,13,14)/p-1. The molecule has 0 aromatic carbocycles. The monoisotopic (exact) mass is 221 g/mol. The van der Waals surface area contributed by atoms with Gasteiger partial charge in [0.05, 0.1) is 0 Å². The largest absolute Gasteiger partial charge is 0.544 e. The number of carboxylic acid groups (broad SMARTS) is 1. The summed E-state index contributed by atoms with van der Waals surface area (Å²) in [6, 6.07) is 0.